The van der Waals surface area contributed by atoms with Crippen molar-refractivity contribution < 1.29 is 5.48 Å². The molecular formula is H8GeOSnTe. The number of hydrogen-bond acceptors (Lipinski definition) is 0. The number of rotatable bonds is 0. The van der Waals surface area contributed by atoms with Crippen LogP contribution in [0.3, 0.4) is 0 Å². The van der Waals surface area contributed by atoms with Crippen molar-refractivity contribution in [2.75, 3.05) is 0 Å². The second-order valence-electron chi connectivity index (χ2n) is 0. The molecule has 0 heterocycles. The van der Waals surface area contributed by atoms with Gasteiger partial charge in [-0.05, 0) is 0 Å². The summed E-state index contributed by atoms with van der Waals surface area (Å²) in [5, 5.41) is 0. The molecule has 4 heteroatoms. The van der Waals surface area contributed by atoms with Gasteiger partial charge in [-0.1, -0.05) is 0 Å². The maximum Gasteiger partial charge on any atom is 0 e. The Morgan fingerprint density at radius 2 is 1.00 bits per heavy atom. The Morgan fingerprint density at radius 1 is 1.00 bits per heavy atom. The van der Waals surface area contributed by atoms with Gasteiger partial charge >= 0.3 is 41.5 Å². The molecular weight excluding hydrogens is 335 g/mol. The Kier molecular flexibility index (Phi) is 176. The van der Waals surface area contributed by atoms with Gasteiger partial charge in [0.15, 0.2) is 0 Å². The van der Waals surface area contributed by atoms with E-state index in [0.29, 0.717) is 0 Å². The first kappa shape index (κ1) is 36.1. The molecule has 0 aliphatic heterocycles. The Morgan fingerprint density at radius 3 is 1.00 bits per heavy atom. The molecule has 0 fully saturated rings. The molecule has 28 valence electrons. The molecule has 0 aliphatic rings. The number of hydrogen-bond donors (Lipinski definition) is 0. The second-order valence-corrected chi connectivity index (χ2v) is 0. The average molecular weight is 343 g/mol. The van der Waals surface area contributed by atoms with Crippen molar-refractivity contribution in [3.63, 3.8) is 0 Å². The molecule has 0 aliphatic carbocycles. The fourth-order valence-corrected chi connectivity index (χ4v) is 0. The van der Waals surface area contributed by atoms with Gasteiger partial charge in [0.25, 0.3) is 0 Å². The summed E-state index contributed by atoms with van der Waals surface area (Å²) in [6.45, 7) is 0. The van der Waals surface area contributed by atoms with Crippen molar-refractivity contribution >= 4 is 65.2 Å². The van der Waals surface area contributed by atoms with Gasteiger partial charge < -0.3 is 5.48 Å². The Hall–Kier alpha value is 2.09. The Labute approximate surface area is 69.9 Å². The minimum absolute atomic E-state index is 0. The van der Waals surface area contributed by atoms with Gasteiger partial charge in [0.2, 0.25) is 0 Å². The second kappa shape index (κ2) is 19.5. The summed E-state index contributed by atoms with van der Waals surface area (Å²) in [6, 6.07) is 0. The van der Waals surface area contributed by atoms with Crippen LogP contribution in [0, 0.1) is 0 Å². The van der Waals surface area contributed by atoms with E-state index in [1.807, 2.05) is 0 Å². The Balaban J connectivity index is 0. The summed E-state index contributed by atoms with van der Waals surface area (Å²) < 4.78 is 0. The van der Waals surface area contributed by atoms with Crippen LogP contribution in [-0.2, 0) is 0 Å². The quantitative estimate of drug-likeness (QED) is 0.408. The van der Waals surface area contributed by atoms with E-state index in [2.05, 4.69) is 0 Å². The van der Waals surface area contributed by atoms with E-state index in [9.17, 15) is 0 Å². The standard InChI is InChI=1S/GeH2.H2O.Sn.Te.4H/h2*1H2;;;;;;. The average Bonchev–Trinajstić information content (AvgIpc) is 0. The van der Waals surface area contributed by atoms with Crippen molar-refractivity contribution in [3.05, 3.63) is 0 Å². The first-order valence-corrected chi connectivity index (χ1v) is 0. The summed E-state index contributed by atoms with van der Waals surface area (Å²) >= 11 is 0. The summed E-state index contributed by atoms with van der Waals surface area (Å²) in [5.74, 6) is 0. The van der Waals surface area contributed by atoms with Crippen LogP contribution in [0.4, 0.5) is 0 Å². The van der Waals surface area contributed by atoms with Gasteiger partial charge in [0.1, 0.15) is 0 Å². The van der Waals surface area contributed by atoms with Crippen LogP contribution < -0.4 is 0 Å². The van der Waals surface area contributed by atoms with Crippen LogP contribution in [0.25, 0.3) is 0 Å². The van der Waals surface area contributed by atoms with E-state index in [1.54, 1.807) is 0 Å². The topological polar surface area (TPSA) is 31.5 Å². The van der Waals surface area contributed by atoms with E-state index in [-0.39, 0.29) is 70.6 Å². The third kappa shape index (κ3) is 8.94. The fourth-order valence-electron chi connectivity index (χ4n) is 0. The van der Waals surface area contributed by atoms with Crippen molar-refractivity contribution in [1.82, 2.24) is 0 Å². The van der Waals surface area contributed by atoms with Gasteiger partial charge in [-0.25, -0.2) is 0 Å². The Bertz CT molecular complexity index is 8.00. The minimum Gasteiger partial charge on any atom is 0 e. The van der Waals surface area contributed by atoms with Gasteiger partial charge in [-0.3, -0.25) is 0 Å². The molecule has 0 saturated carbocycles. The molecule has 1 nitrogen and oxygen atoms in total. The normalized spacial score (nSPS) is 0. The molecule has 0 aromatic rings. The van der Waals surface area contributed by atoms with Crippen LogP contribution in [0.15, 0.2) is 0 Å². The molecule has 0 amide bonds. The first-order chi connectivity index (χ1) is 0. The molecule has 0 rings (SSSR count). The van der Waals surface area contributed by atoms with E-state index < -0.39 is 0 Å². The van der Waals surface area contributed by atoms with Crippen molar-refractivity contribution in [2.24, 2.45) is 0 Å². The van der Waals surface area contributed by atoms with Crippen LogP contribution in [-0.4, -0.2) is 70.6 Å². The third-order valence-electron chi connectivity index (χ3n) is 0. The SMILES string of the molecule is O.[GeH2].[SnH4].[Te]. The molecule has 0 bridgehead atoms. The molecule has 0 spiro atoms. The van der Waals surface area contributed by atoms with Gasteiger partial charge in [-0.15, -0.1) is 0 Å². The third-order valence-corrected chi connectivity index (χ3v) is 0. The maximum absolute atomic E-state index is 0. The van der Waals surface area contributed by atoms with Crippen LogP contribution in [0.5, 0.6) is 0 Å². The van der Waals surface area contributed by atoms with Crippen molar-refractivity contribution in [2.45, 2.75) is 0 Å². The molecule has 0 saturated heterocycles. The van der Waals surface area contributed by atoms with Gasteiger partial charge in [-0.2, -0.15) is 0 Å². The molecule has 0 aromatic heterocycles. The predicted molar refractivity (Wildman–Crippen MR) is 29.2 cm³/mol. The zero-order valence-electron chi connectivity index (χ0n) is 1.62. The van der Waals surface area contributed by atoms with Crippen LogP contribution >= 0.6 is 0 Å². The van der Waals surface area contributed by atoms with Gasteiger partial charge in [0.05, 0.1) is 0 Å². The van der Waals surface area contributed by atoms with Gasteiger partial charge in [0, 0.05) is 23.7 Å². The van der Waals surface area contributed by atoms with Crippen molar-refractivity contribution in [3.8, 4) is 0 Å². The minimum atomic E-state index is 0. The van der Waals surface area contributed by atoms with E-state index >= 15 is 0 Å². The maximum atomic E-state index is 0. The molecule has 0 unspecified atom stereocenters. The largest absolute Gasteiger partial charge is 0 e. The summed E-state index contributed by atoms with van der Waals surface area (Å²) in [5.41, 5.74) is 0. The van der Waals surface area contributed by atoms with Crippen LogP contribution in [0.2, 0.25) is 0 Å². The van der Waals surface area contributed by atoms with E-state index in [4.69, 9.17) is 0 Å². The molecule has 4 radical (unpaired) electrons. The summed E-state index contributed by atoms with van der Waals surface area (Å²) in [6.07, 6.45) is 0. The molecule has 4 heavy (non-hydrogen) atoms. The fraction of sp³-hybridized carbons (Fsp3) is 0. The predicted octanol–water partition coefficient (Wildman–Crippen LogP) is -3.57. The zero-order valence-corrected chi connectivity index (χ0v) is 6.91. The molecule has 2 N–H and O–H groups in total. The first-order valence-electron chi connectivity index (χ1n) is 0. The monoisotopic (exact) mass is 348 g/mol. The van der Waals surface area contributed by atoms with E-state index in [1.165, 1.54) is 0 Å². The zero-order chi connectivity index (χ0) is 0. The van der Waals surface area contributed by atoms with Crippen LogP contribution in [0.1, 0.15) is 0 Å². The summed E-state index contributed by atoms with van der Waals surface area (Å²) in [7, 11) is 0. The molecule has 0 aromatic carbocycles. The van der Waals surface area contributed by atoms with E-state index in [0.717, 1.165) is 0 Å². The smallest absolute Gasteiger partial charge is 0 e. The molecule has 0 atom stereocenters. The van der Waals surface area contributed by atoms with Crippen molar-refractivity contribution in [1.29, 1.82) is 0 Å². The summed E-state index contributed by atoms with van der Waals surface area (Å²) in [4.78, 5) is 0.